The van der Waals surface area contributed by atoms with Crippen molar-refractivity contribution >= 4 is 11.9 Å². The van der Waals surface area contributed by atoms with Crippen LogP contribution in [0.5, 0.6) is 0 Å². The SMILES string of the molecule is CCCCCCCCCCCCCCCCCCCCCCC(=O)OCC(=O)O. The monoisotopic (exact) mass is 412 g/mol. The van der Waals surface area contributed by atoms with E-state index in [1.165, 1.54) is 109 Å². The van der Waals surface area contributed by atoms with Gasteiger partial charge in [-0.3, -0.25) is 4.79 Å². The molecule has 1 N–H and O–H groups in total. The zero-order valence-corrected chi connectivity index (χ0v) is 19.2. The van der Waals surface area contributed by atoms with Crippen molar-refractivity contribution in [2.24, 2.45) is 0 Å². The average molecular weight is 413 g/mol. The molecule has 0 atom stereocenters. The van der Waals surface area contributed by atoms with Gasteiger partial charge in [-0.15, -0.1) is 0 Å². The molecule has 4 heteroatoms. The molecule has 0 aliphatic carbocycles. The number of unbranched alkanes of at least 4 members (excludes halogenated alkanes) is 19. The van der Waals surface area contributed by atoms with E-state index < -0.39 is 18.5 Å². The minimum atomic E-state index is -1.10. The number of esters is 1. The maximum atomic E-state index is 11.3. The highest BCUT2D eigenvalue weighted by Gasteiger charge is 2.05. The Hall–Kier alpha value is -1.06. The molecule has 0 fully saturated rings. The number of carbonyl (C=O) groups excluding carboxylic acids is 1. The number of carboxylic acid groups (broad SMARTS) is 1. The Morgan fingerprint density at radius 3 is 1.17 bits per heavy atom. The van der Waals surface area contributed by atoms with Gasteiger partial charge in [-0.2, -0.15) is 0 Å². The van der Waals surface area contributed by atoms with Crippen LogP contribution in [0, 0.1) is 0 Å². The lowest BCUT2D eigenvalue weighted by Gasteiger charge is -2.04. The molecule has 0 amide bonds. The number of hydrogen-bond acceptors (Lipinski definition) is 3. The summed E-state index contributed by atoms with van der Waals surface area (Å²) in [6, 6.07) is 0. The third-order valence-electron chi connectivity index (χ3n) is 5.59. The largest absolute Gasteiger partial charge is 0.479 e. The lowest BCUT2D eigenvalue weighted by Crippen LogP contribution is -2.12. The molecule has 0 unspecified atom stereocenters. The Balaban J connectivity index is 3.08. The Labute approximate surface area is 180 Å². The standard InChI is InChI=1S/C25H48O4/c1-2-3-4-5-6-7-8-9-10-11-12-13-14-15-16-17-18-19-20-21-22-25(28)29-23-24(26)27/h2-23H2,1H3,(H,26,27). The molecule has 0 heterocycles. The van der Waals surface area contributed by atoms with Gasteiger partial charge in [0.1, 0.15) is 0 Å². The van der Waals surface area contributed by atoms with Crippen LogP contribution in [0.15, 0.2) is 0 Å². The smallest absolute Gasteiger partial charge is 0.341 e. The van der Waals surface area contributed by atoms with Crippen LogP contribution < -0.4 is 0 Å². The van der Waals surface area contributed by atoms with Gasteiger partial charge < -0.3 is 9.84 Å². The topological polar surface area (TPSA) is 63.6 Å². The first-order valence-corrected chi connectivity index (χ1v) is 12.5. The molecule has 0 saturated carbocycles. The molecule has 0 bridgehead atoms. The predicted octanol–water partition coefficient (Wildman–Crippen LogP) is 7.83. The molecule has 29 heavy (non-hydrogen) atoms. The summed E-state index contributed by atoms with van der Waals surface area (Å²) in [5.74, 6) is -1.49. The zero-order valence-electron chi connectivity index (χ0n) is 19.2. The van der Waals surface area contributed by atoms with E-state index in [9.17, 15) is 9.59 Å². The molecular weight excluding hydrogens is 364 g/mol. The normalized spacial score (nSPS) is 10.9. The van der Waals surface area contributed by atoms with Crippen molar-refractivity contribution < 1.29 is 19.4 Å². The fourth-order valence-corrected chi connectivity index (χ4v) is 3.74. The third kappa shape index (κ3) is 24.9. The van der Waals surface area contributed by atoms with E-state index in [1.807, 2.05) is 0 Å². The highest BCUT2D eigenvalue weighted by atomic mass is 16.5. The van der Waals surface area contributed by atoms with Crippen LogP contribution in [0.1, 0.15) is 142 Å². The molecule has 0 spiro atoms. The lowest BCUT2D eigenvalue weighted by atomic mass is 10.0. The number of hydrogen-bond donors (Lipinski definition) is 1. The van der Waals surface area contributed by atoms with Crippen molar-refractivity contribution in [2.45, 2.75) is 142 Å². The summed E-state index contributed by atoms with van der Waals surface area (Å²) in [6.45, 7) is 1.76. The second kappa shape index (κ2) is 23.2. The molecule has 0 aliphatic heterocycles. The van der Waals surface area contributed by atoms with Crippen LogP contribution >= 0.6 is 0 Å². The Bertz CT molecular complexity index is 368. The highest BCUT2D eigenvalue weighted by Crippen LogP contribution is 2.15. The zero-order chi connectivity index (χ0) is 21.4. The molecule has 0 radical (unpaired) electrons. The highest BCUT2D eigenvalue weighted by molar-refractivity contribution is 5.75. The fourth-order valence-electron chi connectivity index (χ4n) is 3.74. The fraction of sp³-hybridized carbons (Fsp3) is 0.920. The van der Waals surface area contributed by atoms with E-state index in [1.54, 1.807) is 0 Å². The number of rotatable bonds is 23. The summed E-state index contributed by atoms with van der Waals surface area (Å²) in [5.41, 5.74) is 0. The molecule has 0 saturated heterocycles. The van der Waals surface area contributed by atoms with Gasteiger partial charge in [0, 0.05) is 6.42 Å². The van der Waals surface area contributed by atoms with E-state index in [0.717, 1.165) is 19.3 Å². The summed E-state index contributed by atoms with van der Waals surface area (Å²) >= 11 is 0. The van der Waals surface area contributed by atoms with Crippen LogP contribution in [0.2, 0.25) is 0 Å². The molecule has 172 valence electrons. The Morgan fingerprint density at radius 1 is 0.552 bits per heavy atom. The van der Waals surface area contributed by atoms with Crippen molar-refractivity contribution in [3.63, 3.8) is 0 Å². The van der Waals surface area contributed by atoms with Gasteiger partial charge >= 0.3 is 11.9 Å². The van der Waals surface area contributed by atoms with Gasteiger partial charge in [0.05, 0.1) is 0 Å². The lowest BCUT2D eigenvalue weighted by molar-refractivity contribution is -0.155. The minimum Gasteiger partial charge on any atom is -0.479 e. The van der Waals surface area contributed by atoms with E-state index in [-0.39, 0.29) is 0 Å². The number of carbonyl (C=O) groups is 2. The van der Waals surface area contributed by atoms with Crippen molar-refractivity contribution in [3.8, 4) is 0 Å². The maximum Gasteiger partial charge on any atom is 0.341 e. The molecular formula is C25H48O4. The van der Waals surface area contributed by atoms with E-state index in [4.69, 9.17) is 5.11 Å². The van der Waals surface area contributed by atoms with Crippen molar-refractivity contribution in [3.05, 3.63) is 0 Å². The average Bonchev–Trinajstić information content (AvgIpc) is 2.70. The van der Waals surface area contributed by atoms with Crippen molar-refractivity contribution in [1.82, 2.24) is 0 Å². The van der Waals surface area contributed by atoms with Gasteiger partial charge in [-0.1, -0.05) is 129 Å². The van der Waals surface area contributed by atoms with Gasteiger partial charge in [0.2, 0.25) is 0 Å². The van der Waals surface area contributed by atoms with Crippen LogP contribution in [0.4, 0.5) is 0 Å². The summed E-state index contributed by atoms with van der Waals surface area (Å²) in [7, 11) is 0. The number of ether oxygens (including phenoxy) is 1. The first-order valence-electron chi connectivity index (χ1n) is 12.5. The second-order valence-electron chi connectivity index (χ2n) is 8.52. The van der Waals surface area contributed by atoms with Gasteiger partial charge in [-0.25, -0.2) is 4.79 Å². The summed E-state index contributed by atoms with van der Waals surface area (Å²) in [5, 5.41) is 8.43. The summed E-state index contributed by atoms with van der Waals surface area (Å²) < 4.78 is 4.61. The van der Waals surface area contributed by atoms with Crippen LogP contribution in [-0.4, -0.2) is 23.7 Å². The van der Waals surface area contributed by atoms with Crippen LogP contribution in [0.3, 0.4) is 0 Å². The Kier molecular flexibility index (Phi) is 22.4. The molecule has 0 aromatic rings. The number of aliphatic carboxylic acids is 1. The predicted molar refractivity (Wildman–Crippen MR) is 121 cm³/mol. The van der Waals surface area contributed by atoms with Crippen molar-refractivity contribution in [2.75, 3.05) is 6.61 Å². The molecule has 0 rings (SSSR count). The molecule has 0 aromatic heterocycles. The number of carboxylic acids is 1. The summed E-state index contributed by atoms with van der Waals surface area (Å²) in [4.78, 5) is 21.5. The quantitative estimate of drug-likeness (QED) is 0.137. The first-order chi connectivity index (χ1) is 14.2. The van der Waals surface area contributed by atoms with E-state index >= 15 is 0 Å². The first kappa shape index (κ1) is 27.9. The second-order valence-corrected chi connectivity index (χ2v) is 8.52. The van der Waals surface area contributed by atoms with Crippen LogP contribution in [-0.2, 0) is 14.3 Å². The molecule has 0 aliphatic rings. The van der Waals surface area contributed by atoms with Crippen LogP contribution in [0.25, 0.3) is 0 Å². The van der Waals surface area contributed by atoms with Crippen molar-refractivity contribution in [1.29, 1.82) is 0 Å². The Morgan fingerprint density at radius 2 is 0.862 bits per heavy atom. The summed E-state index contributed by atoms with van der Waals surface area (Å²) in [6.07, 6.45) is 27.0. The van der Waals surface area contributed by atoms with E-state index in [2.05, 4.69) is 11.7 Å². The maximum absolute atomic E-state index is 11.3. The minimum absolute atomic E-state index is 0.340. The molecule has 0 aromatic carbocycles. The third-order valence-corrected chi connectivity index (χ3v) is 5.59. The molecule has 4 nitrogen and oxygen atoms in total. The van der Waals surface area contributed by atoms with Gasteiger partial charge in [0.25, 0.3) is 0 Å². The van der Waals surface area contributed by atoms with E-state index in [0.29, 0.717) is 6.42 Å². The van der Waals surface area contributed by atoms with Gasteiger partial charge in [0.15, 0.2) is 6.61 Å². The van der Waals surface area contributed by atoms with Gasteiger partial charge in [-0.05, 0) is 6.42 Å².